The van der Waals surface area contributed by atoms with E-state index in [0.29, 0.717) is 11.3 Å². The van der Waals surface area contributed by atoms with Gasteiger partial charge in [0.25, 0.3) is 0 Å². The summed E-state index contributed by atoms with van der Waals surface area (Å²) in [5.41, 5.74) is 5.71. The first kappa shape index (κ1) is 28.3. The van der Waals surface area contributed by atoms with Crippen molar-refractivity contribution >= 4 is 21.8 Å². The van der Waals surface area contributed by atoms with E-state index < -0.39 is 0 Å². The summed E-state index contributed by atoms with van der Waals surface area (Å²) in [5, 5.41) is 2.31. The molecule has 0 amide bonds. The zero-order valence-corrected chi connectivity index (χ0v) is 24.8. The molecule has 4 aromatic rings. The van der Waals surface area contributed by atoms with Gasteiger partial charge in [-0.15, -0.1) is 0 Å². The second-order valence-electron chi connectivity index (χ2n) is 12.5. The number of fused-ring (bicyclic) bond motifs is 3. The molecule has 0 aliphatic heterocycles. The lowest BCUT2D eigenvalue weighted by Crippen LogP contribution is -2.29. The lowest BCUT2D eigenvalue weighted by molar-refractivity contribution is 0.154. The molecular weight excluding hydrogens is 462 g/mol. The van der Waals surface area contributed by atoms with E-state index in [4.69, 9.17) is 0 Å². The minimum Gasteiger partial charge on any atom is -0.309 e. The first-order valence-electron chi connectivity index (χ1n) is 15.1. The lowest BCUT2D eigenvalue weighted by atomic mass is 9.63. The van der Waals surface area contributed by atoms with Crippen molar-refractivity contribution in [1.82, 2.24) is 14.5 Å². The fourth-order valence-corrected chi connectivity index (χ4v) is 6.41. The van der Waals surface area contributed by atoms with Crippen LogP contribution in [0.3, 0.4) is 0 Å². The molecule has 38 heavy (non-hydrogen) atoms. The molecule has 4 rings (SSSR count). The van der Waals surface area contributed by atoms with Crippen LogP contribution in [-0.4, -0.2) is 14.5 Å². The average molecular weight is 512 g/mol. The molecule has 1 aromatic carbocycles. The van der Waals surface area contributed by atoms with E-state index in [2.05, 4.69) is 92.5 Å². The summed E-state index contributed by atoms with van der Waals surface area (Å²) in [6.07, 6.45) is 20.7. The van der Waals surface area contributed by atoms with Crippen molar-refractivity contribution in [2.75, 3.05) is 0 Å². The highest BCUT2D eigenvalue weighted by atomic mass is 15.0. The molecule has 0 fully saturated rings. The first-order valence-corrected chi connectivity index (χ1v) is 15.1. The number of pyridine rings is 2. The zero-order chi connectivity index (χ0) is 27.2. The molecule has 0 saturated carbocycles. The van der Waals surface area contributed by atoms with E-state index in [9.17, 15) is 0 Å². The lowest BCUT2D eigenvalue weighted by Gasteiger charge is -2.41. The van der Waals surface area contributed by atoms with Gasteiger partial charge in [-0.3, -0.25) is 9.97 Å². The second-order valence-corrected chi connectivity index (χ2v) is 12.5. The summed E-state index contributed by atoms with van der Waals surface area (Å²) in [6, 6.07) is 13.8. The summed E-state index contributed by atoms with van der Waals surface area (Å²) in [6.45, 7) is 14.6. The SMILES string of the molecule is CCCCCC(C)(CC)CC(c1ccc(-n2c3ccncc3c3cnccc32)cc1)C(C)(C)CCCCC. The van der Waals surface area contributed by atoms with Gasteiger partial charge in [0.1, 0.15) is 0 Å². The Bertz CT molecular complexity index is 1250. The quantitative estimate of drug-likeness (QED) is 0.158. The van der Waals surface area contributed by atoms with Crippen LogP contribution in [0, 0.1) is 10.8 Å². The van der Waals surface area contributed by atoms with Crippen LogP contribution in [0.25, 0.3) is 27.5 Å². The zero-order valence-electron chi connectivity index (χ0n) is 24.8. The van der Waals surface area contributed by atoms with Crippen molar-refractivity contribution in [3.63, 3.8) is 0 Å². The van der Waals surface area contributed by atoms with Crippen LogP contribution in [0.4, 0.5) is 0 Å². The maximum atomic E-state index is 4.39. The van der Waals surface area contributed by atoms with Crippen LogP contribution in [-0.2, 0) is 0 Å². The summed E-state index contributed by atoms with van der Waals surface area (Å²) < 4.78 is 2.36. The Morgan fingerprint density at radius 2 is 1.26 bits per heavy atom. The third-order valence-corrected chi connectivity index (χ3v) is 9.22. The van der Waals surface area contributed by atoms with Gasteiger partial charge >= 0.3 is 0 Å². The van der Waals surface area contributed by atoms with Crippen molar-refractivity contribution in [1.29, 1.82) is 0 Å². The molecule has 3 nitrogen and oxygen atoms in total. The molecule has 3 heteroatoms. The molecule has 3 aromatic heterocycles. The molecule has 2 atom stereocenters. The fraction of sp³-hybridized carbons (Fsp3) is 0.543. The minimum absolute atomic E-state index is 0.266. The van der Waals surface area contributed by atoms with Gasteiger partial charge in [0.2, 0.25) is 0 Å². The molecular formula is C35H49N3. The fourth-order valence-electron chi connectivity index (χ4n) is 6.41. The first-order chi connectivity index (χ1) is 18.3. The van der Waals surface area contributed by atoms with E-state index in [1.807, 2.05) is 24.8 Å². The van der Waals surface area contributed by atoms with Crippen molar-refractivity contribution in [2.45, 2.75) is 112 Å². The third-order valence-electron chi connectivity index (χ3n) is 9.22. The van der Waals surface area contributed by atoms with Gasteiger partial charge in [0.15, 0.2) is 0 Å². The predicted molar refractivity (Wildman–Crippen MR) is 164 cm³/mol. The highest BCUT2D eigenvalue weighted by Crippen LogP contribution is 2.49. The van der Waals surface area contributed by atoms with Crippen LogP contribution in [0.2, 0.25) is 0 Å². The number of rotatable bonds is 14. The van der Waals surface area contributed by atoms with Gasteiger partial charge < -0.3 is 4.57 Å². The summed E-state index contributed by atoms with van der Waals surface area (Å²) >= 11 is 0. The molecule has 204 valence electrons. The predicted octanol–water partition coefficient (Wildman–Crippen LogP) is 10.7. The van der Waals surface area contributed by atoms with E-state index in [1.54, 1.807) is 0 Å². The Kier molecular flexibility index (Phi) is 9.28. The minimum atomic E-state index is 0.266. The van der Waals surface area contributed by atoms with Gasteiger partial charge in [-0.25, -0.2) is 0 Å². The van der Waals surface area contributed by atoms with E-state index in [-0.39, 0.29) is 5.41 Å². The number of benzene rings is 1. The molecule has 0 saturated heterocycles. The Morgan fingerprint density at radius 1 is 0.711 bits per heavy atom. The molecule has 0 spiro atoms. The summed E-state index contributed by atoms with van der Waals surface area (Å²) in [4.78, 5) is 8.79. The number of unbranched alkanes of at least 4 members (excludes halogenated alkanes) is 4. The van der Waals surface area contributed by atoms with Crippen LogP contribution in [0.5, 0.6) is 0 Å². The third kappa shape index (κ3) is 6.14. The van der Waals surface area contributed by atoms with Gasteiger partial charge in [-0.2, -0.15) is 0 Å². The van der Waals surface area contributed by atoms with E-state index in [0.717, 1.165) is 10.8 Å². The number of nitrogens with zero attached hydrogens (tertiary/aromatic N) is 3. The number of hydrogen-bond acceptors (Lipinski definition) is 2. The monoisotopic (exact) mass is 511 g/mol. The molecule has 0 radical (unpaired) electrons. The number of aromatic nitrogens is 3. The Labute approximate surface area is 231 Å². The average Bonchev–Trinajstić information content (AvgIpc) is 3.27. The van der Waals surface area contributed by atoms with Crippen LogP contribution in [0.1, 0.15) is 117 Å². The molecule has 0 aliphatic carbocycles. The summed E-state index contributed by atoms with van der Waals surface area (Å²) in [7, 11) is 0. The highest BCUT2D eigenvalue weighted by Gasteiger charge is 2.36. The van der Waals surface area contributed by atoms with Gasteiger partial charge in [-0.1, -0.05) is 98.6 Å². The maximum absolute atomic E-state index is 4.39. The topological polar surface area (TPSA) is 30.7 Å². The smallest absolute Gasteiger partial charge is 0.0572 e. The van der Waals surface area contributed by atoms with Gasteiger partial charge in [0.05, 0.1) is 11.0 Å². The highest BCUT2D eigenvalue weighted by molar-refractivity contribution is 6.08. The van der Waals surface area contributed by atoms with E-state index in [1.165, 1.54) is 86.5 Å². The van der Waals surface area contributed by atoms with Crippen LogP contribution >= 0.6 is 0 Å². The van der Waals surface area contributed by atoms with Gasteiger partial charge in [-0.05, 0) is 65.8 Å². The normalized spacial score (nSPS) is 14.7. The molecule has 3 heterocycles. The standard InChI is InChI=1S/C35H49N3/c1-7-10-12-20-34(4,5)31(24-35(6,9-3)21-13-11-8-2)27-14-16-28(17-15-27)38-32-18-22-36-25-29(32)30-26-37-23-19-33(30)38/h14-19,22-23,25-26,31H,7-13,20-21,24H2,1-6H3. The van der Waals surface area contributed by atoms with Crippen molar-refractivity contribution < 1.29 is 0 Å². The Hall–Kier alpha value is -2.68. The van der Waals surface area contributed by atoms with Crippen molar-refractivity contribution in [3.8, 4) is 5.69 Å². The molecule has 2 unspecified atom stereocenters. The number of hydrogen-bond donors (Lipinski definition) is 0. The molecule has 0 bridgehead atoms. The Morgan fingerprint density at radius 3 is 1.79 bits per heavy atom. The van der Waals surface area contributed by atoms with Crippen molar-refractivity contribution in [2.24, 2.45) is 10.8 Å². The van der Waals surface area contributed by atoms with Gasteiger partial charge in [0, 0.05) is 41.2 Å². The molecule has 0 N–H and O–H groups in total. The van der Waals surface area contributed by atoms with Crippen LogP contribution in [0.15, 0.2) is 61.2 Å². The largest absolute Gasteiger partial charge is 0.309 e. The Balaban J connectivity index is 1.71. The summed E-state index contributed by atoms with van der Waals surface area (Å²) in [5.74, 6) is 0.548. The maximum Gasteiger partial charge on any atom is 0.0572 e. The van der Waals surface area contributed by atoms with Crippen LogP contribution < -0.4 is 0 Å². The second kappa shape index (κ2) is 12.5. The van der Waals surface area contributed by atoms with E-state index >= 15 is 0 Å². The molecule has 0 aliphatic rings. The van der Waals surface area contributed by atoms with Crippen molar-refractivity contribution in [3.05, 3.63) is 66.7 Å².